The molecule has 0 bridgehead atoms. The van der Waals surface area contributed by atoms with Crippen molar-refractivity contribution in [3.05, 3.63) is 83.8 Å². The van der Waals surface area contributed by atoms with E-state index in [0.717, 1.165) is 41.3 Å². The van der Waals surface area contributed by atoms with E-state index in [-0.39, 0.29) is 12.2 Å². The highest BCUT2D eigenvalue weighted by Gasteiger charge is 2.37. The van der Waals surface area contributed by atoms with Crippen LogP contribution < -0.4 is 5.32 Å². The Hall–Kier alpha value is -4.11. The molecule has 5 heterocycles. The van der Waals surface area contributed by atoms with Crippen molar-refractivity contribution in [2.75, 3.05) is 26.3 Å². The van der Waals surface area contributed by atoms with Crippen molar-refractivity contribution in [2.24, 2.45) is 4.99 Å². The lowest BCUT2D eigenvalue weighted by Gasteiger charge is -2.48. The van der Waals surface area contributed by atoms with Gasteiger partial charge in [-0.15, -0.1) is 10.2 Å². The summed E-state index contributed by atoms with van der Waals surface area (Å²) in [7, 11) is 0. The maximum atomic E-state index is 6.02. The van der Waals surface area contributed by atoms with Gasteiger partial charge < -0.3 is 29.3 Å². The fourth-order valence-electron chi connectivity index (χ4n) is 5.20. The number of ether oxygens (including phenoxy) is 1. The number of allylic oxidation sites excluding steroid dienone is 1. The number of nitrogens with one attached hydrogen (secondary N) is 2. The van der Waals surface area contributed by atoms with Crippen LogP contribution in [0.1, 0.15) is 17.6 Å². The molecule has 2 aromatic heterocycles. The van der Waals surface area contributed by atoms with Crippen molar-refractivity contribution >= 4 is 17.1 Å². The molecule has 0 radical (unpaired) electrons. The number of hydrogen-bond donors (Lipinski definition) is 2. The van der Waals surface area contributed by atoms with E-state index in [1.807, 2.05) is 42.7 Å². The lowest BCUT2D eigenvalue weighted by atomic mass is 10.0. The van der Waals surface area contributed by atoms with Gasteiger partial charge in [0.05, 0.1) is 37.7 Å². The summed E-state index contributed by atoms with van der Waals surface area (Å²) in [6.07, 6.45) is 3.80. The number of morpholine rings is 1. The van der Waals surface area contributed by atoms with Crippen LogP contribution in [0.25, 0.3) is 22.4 Å². The summed E-state index contributed by atoms with van der Waals surface area (Å²) < 4.78 is 11.8. The standard InChI is InChI=1S/C26H25N7O2/c1-2-5-17(6-3-1)26-31-30-23(35-26)15-32-14-18-16-34-12-11-33(18)25-22(32)13-28-24(29-25)20-7-4-8-21-19(20)9-10-27-21/h1-10,13,18,24,27,29H,11-12,14-16H2. The highest BCUT2D eigenvalue weighted by Crippen LogP contribution is 2.33. The first-order valence-electron chi connectivity index (χ1n) is 11.9. The minimum absolute atomic E-state index is 0.162. The molecule has 2 N–H and O–H groups in total. The van der Waals surface area contributed by atoms with E-state index in [9.17, 15) is 0 Å². The van der Waals surface area contributed by atoms with E-state index >= 15 is 0 Å². The highest BCUT2D eigenvalue weighted by molar-refractivity contribution is 5.85. The van der Waals surface area contributed by atoms with Gasteiger partial charge >= 0.3 is 0 Å². The summed E-state index contributed by atoms with van der Waals surface area (Å²) in [5, 5.41) is 13.5. The lowest BCUT2D eigenvalue weighted by molar-refractivity contribution is -0.0175. The number of benzene rings is 2. The van der Waals surface area contributed by atoms with Gasteiger partial charge in [-0.1, -0.05) is 30.3 Å². The quantitative estimate of drug-likeness (QED) is 0.476. The van der Waals surface area contributed by atoms with Gasteiger partial charge in [-0.3, -0.25) is 4.99 Å². The van der Waals surface area contributed by atoms with Crippen molar-refractivity contribution in [2.45, 2.75) is 18.8 Å². The molecule has 2 atom stereocenters. The van der Waals surface area contributed by atoms with E-state index in [1.54, 1.807) is 0 Å². The average molecular weight is 468 g/mol. The number of hydrogen-bond acceptors (Lipinski definition) is 8. The number of aliphatic imine (C=N–C) groups is 1. The smallest absolute Gasteiger partial charge is 0.247 e. The van der Waals surface area contributed by atoms with Crippen LogP contribution >= 0.6 is 0 Å². The van der Waals surface area contributed by atoms with Gasteiger partial charge in [0, 0.05) is 41.3 Å². The molecule has 0 aliphatic carbocycles. The predicted octanol–water partition coefficient (Wildman–Crippen LogP) is 3.28. The Morgan fingerprint density at radius 3 is 2.91 bits per heavy atom. The molecule has 2 unspecified atom stereocenters. The molecule has 3 aliphatic rings. The number of aromatic amines is 1. The average Bonchev–Trinajstić information content (AvgIpc) is 3.59. The second-order valence-corrected chi connectivity index (χ2v) is 9.01. The predicted molar refractivity (Wildman–Crippen MR) is 131 cm³/mol. The zero-order chi connectivity index (χ0) is 23.2. The number of nitrogens with zero attached hydrogens (tertiary/aromatic N) is 5. The Labute approximate surface area is 202 Å². The molecular weight excluding hydrogens is 442 g/mol. The van der Waals surface area contributed by atoms with E-state index in [0.29, 0.717) is 31.5 Å². The number of aromatic nitrogens is 3. The Balaban J connectivity index is 1.20. The van der Waals surface area contributed by atoms with E-state index < -0.39 is 0 Å². The molecule has 7 rings (SSSR count). The zero-order valence-electron chi connectivity index (χ0n) is 19.1. The summed E-state index contributed by atoms with van der Waals surface area (Å²) in [5.74, 6) is 2.19. The first kappa shape index (κ1) is 20.3. The Bertz CT molecular complexity index is 1420. The van der Waals surface area contributed by atoms with Crippen molar-refractivity contribution in [3.8, 4) is 11.5 Å². The summed E-state index contributed by atoms with van der Waals surface area (Å²) in [4.78, 5) is 12.9. The van der Waals surface area contributed by atoms with E-state index in [4.69, 9.17) is 14.1 Å². The fourth-order valence-corrected chi connectivity index (χ4v) is 5.20. The molecule has 9 nitrogen and oxygen atoms in total. The molecule has 9 heteroatoms. The van der Waals surface area contributed by atoms with Gasteiger partial charge in [0.25, 0.3) is 0 Å². The molecular formula is C26H25N7O2. The molecule has 35 heavy (non-hydrogen) atoms. The van der Waals surface area contributed by atoms with Crippen LogP contribution in [0.5, 0.6) is 0 Å². The maximum absolute atomic E-state index is 6.02. The molecule has 3 aliphatic heterocycles. The minimum Gasteiger partial charge on any atom is -0.419 e. The molecule has 0 spiro atoms. The summed E-state index contributed by atoms with van der Waals surface area (Å²) in [6.45, 7) is 3.55. The van der Waals surface area contributed by atoms with Crippen molar-refractivity contribution in [3.63, 3.8) is 0 Å². The lowest BCUT2D eigenvalue weighted by Crippen LogP contribution is -2.58. The number of rotatable bonds is 4. The Kier molecular flexibility index (Phi) is 4.80. The van der Waals surface area contributed by atoms with Crippen molar-refractivity contribution in [1.82, 2.24) is 30.3 Å². The van der Waals surface area contributed by atoms with Crippen LogP contribution in [-0.4, -0.2) is 63.5 Å². The van der Waals surface area contributed by atoms with Gasteiger partial charge in [-0.05, 0) is 24.3 Å². The Morgan fingerprint density at radius 1 is 1.03 bits per heavy atom. The molecule has 0 amide bonds. The fraction of sp³-hybridized carbons (Fsp3) is 0.269. The Morgan fingerprint density at radius 2 is 1.97 bits per heavy atom. The molecule has 1 fully saturated rings. The van der Waals surface area contributed by atoms with Crippen LogP contribution in [-0.2, 0) is 11.3 Å². The largest absolute Gasteiger partial charge is 0.419 e. The summed E-state index contributed by atoms with van der Waals surface area (Å²) in [6, 6.07) is 18.5. The topological polar surface area (TPSA) is 94.8 Å². The van der Waals surface area contributed by atoms with Crippen molar-refractivity contribution < 1.29 is 9.15 Å². The van der Waals surface area contributed by atoms with E-state index in [2.05, 4.69) is 54.6 Å². The van der Waals surface area contributed by atoms with Gasteiger partial charge in [-0.25, -0.2) is 0 Å². The van der Waals surface area contributed by atoms with Gasteiger partial charge in [0.15, 0.2) is 0 Å². The normalized spacial score (nSPS) is 21.7. The molecule has 4 aromatic rings. The summed E-state index contributed by atoms with van der Waals surface area (Å²) >= 11 is 0. The SMILES string of the molecule is C1=NC(c2cccc3[nH]ccc23)NC2=C1N(Cc1nnc(-c3ccccc3)o1)CC1COCCN21. The van der Waals surface area contributed by atoms with Crippen LogP contribution in [0.15, 0.2) is 81.7 Å². The third-order valence-electron chi connectivity index (χ3n) is 6.89. The molecule has 0 saturated carbocycles. The minimum atomic E-state index is -0.162. The van der Waals surface area contributed by atoms with Gasteiger partial charge in [0.2, 0.25) is 11.8 Å². The van der Waals surface area contributed by atoms with Gasteiger partial charge in [0.1, 0.15) is 12.0 Å². The van der Waals surface area contributed by atoms with Crippen LogP contribution in [0, 0.1) is 0 Å². The maximum Gasteiger partial charge on any atom is 0.247 e. The van der Waals surface area contributed by atoms with Crippen LogP contribution in [0.2, 0.25) is 0 Å². The van der Waals surface area contributed by atoms with Gasteiger partial charge in [-0.2, -0.15) is 0 Å². The zero-order valence-corrected chi connectivity index (χ0v) is 19.1. The van der Waals surface area contributed by atoms with Crippen LogP contribution in [0.3, 0.4) is 0 Å². The second kappa shape index (κ2) is 8.28. The third kappa shape index (κ3) is 3.55. The summed E-state index contributed by atoms with van der Waals surface area (Å²) in [5.41, 5.74) is 4.22. The van der Waals surface area contributed by atoms with Crippen LogP contribution in [0.4, 0.5) is 0 Å². The third-order valence-corrected chi connectivity index (χ3v) is 6.89. The van der Waals surface area contributed by atoms with Crippen molar-refractivity contribution in [1.29, 1.82) is 0 Å². The monoisotopic (exact) mass is 467 g/mol. The molecule has 2 aromatic carbocycles. The molecule has 1 saturated heterocycles. The molecule has 176 valence electrons. The first-order chi connectivity index (χ1) is 17.3. The second-order valence-electron chi connectivity index (χ2n) is 9.01. The van der Waals surface area contributed by atoms with E-state index in [1.165, 1.54) is 5.39 Å². The number of H-pyrrole nitrogens is 1. The number of fused-ring (bicyclic) bond motifs is 3. The first-order valence-corrected chi connectivity index (χ1v) is 11.9. The highest BCUT2D eigenvalue weighted by atomic mass is 16.5.